The maximum Gasteiger partial charge on any atom is 0.277 e. The van der Waals surface area contributed by atoms with Gasteiger partial charge in [0, 0.05) is 13.1 Å². The summed E-state index contributed by atoms with van der Waals surface area (Å²) in [5, 5.41) is 0. The van der Waals surface area contributed by atoms with Gasteiger partial charge in [0.2, 0.25) is 0 Å². The third-order valence-corrected chi connectivity index (χ3v) is 2.29. The molecule has 0 radical (unpaired) electrons. The van der Waals surface area contributed by atoms with Gasteiger partial charge in [-0.3, -0.25) is 0 Å². The van der Waals surface area contributed by atoms with Gasteiger partial charge in [0.1, 0.15) is 0 Å². The van der Waals surface area contributed by atoms with Crippen molar-refractivity contribution in [2.45, 2.75) is 19.3 Å². The van der Waals surface area contributed by atoms with Gasteiger partial charge in [-0.2, -0.15) is 4.31 Å². The van der Waals surface area contributed by atoms with Crippen LogP contribution < -0.4 is 0 Å². The van der Waals surface area contributed by atoms with Crippen molar-refractivity contribution in [2.75, 3.05) is 13.1 Å². The zero-order valence-corrected chi connectivity index (χ0v) is 5.99. The fourth-order valence-electron chi connectivity index (χ4n) is 1.01. The Bertz CT molecular complexity index is 114. The molecule has 4 heteroatoms. The second kappa shape index (κ2) is 3.27. The molecule has 0 spiro atoms. The highest BCUT2D eigenvalue weighted by Gasteiger charge is 2.14. The van der Waals surface area contributed by atoms with Gasteiger partial charge >= 0.3 is 0 Å². The molecule has 0 saturated carbocycles. The lowest BCUT2D eigenvalue weighted by molar-refractivity contribution is 0.354. The lowest BCUT2D eigenvalue weighted by Gasteiger charge is -2.20. The minimum absolute atomic E-state index is 0.656. The molecule has 9 heavy (non-hydrogen) atoms. The zero-order valence-electron chi connectivity index (χ0n) is 5.18. The third kappa shape index (κ3) is 2.02. The average Bonchev–Trinajstić information content (AvgIpc) is 1.90. The molecule has 1 aliphatic heterocycles. The molecule has 1 saturated heterocycles. The van der Waals surface area contributed by atoms with Crippen LogP contribution in [0, 0.1) is 0 Å². The van der Waals surface area contributed by atoms with Crippen molar-refractivity contribution in [3.8, 4) is 0 Å². The van der Waals surface area contributed by atoms with Gasteiger partial charge in [0.25, 0.3) is 11.4 Å². The first-order valence-electron chi connectivity index (χ1n) is 3.14. The molecule has 1 fully saturated rings. The Morgan fingerprint density at radius 3 is 2.11 bits per heavy atom. The highest BCUT2D eigenvalue weighted by molar-refractivity contribution is 7.77. The molecule has 0 bridgehead atoms. The predicted molar refractivity (Wildman–Crippen MR) is 34.7 cm³/mol. The quantitative estimate of drug-likeness (QED) is 0.512. The average molecular weight is 151 g/mol. The van der Waals surface area contributed by atoms with E-state index in [2.05, 4.69) is 0 Å². The predicted octanol–water partition coefficient (Wildman–Crippen LogP) is 1.02. The number of piperidine rings is 1. The van der Waals surface area contributed by atoms with Crippen LogP contribution in [0.2, 0.25) is 0 Å². The van der Waals surface area contributed by atoms with E-state index in [1.165, 1.54) is 4.31 Å². The molecule has 54 valence electrons. The number of halogens is 1. The Labute approximate surface area is 56.9 Å². The summed E-state index contributed by atoms with van der Waals surface area (Å²) >= 11 is -2.22. The summed E-state index contributed by atoms with van der Waals surface area (Å²) in [6.07, 6.45) is 3.11. The highest BCUT2D eigenvalue weighted by Crippen LogP contribution is 2.10. The lowest BCUT2D eigenvalue weighted by Crippen LogP contribution is -2.29. The van der Waals surface area contributed by atoms with E-state index < -0.39 is 11.4 Å². The number of rotatable bonds is 1. The summed E-state index contributed by atoms with van der Waals surface area (Å²) in [5.74, 6) is 0. The minimum Gasteiger partial charge on any atom is -0.207 e. The molecule has 1 rings (SSSR count). The molecule has 0 N–H and O–H groups in total. The van der Waals surface area contributed by atoms with E-state index in [1.54, 1.807) is 0 Å². The summed E-state index contributed by atoms with van der Waals surface area (Å²) in [7, 11) is 0. The van der Waals surface area contributed by atoms with Crippen molar-refractivity contribution in [3.05, 3.63) is 0 Å². The summed E-state index contributed by atoms with van der Waals surface area (Å²) in [6.45, 7) is 1.31. The SMILES string of the molecule is O=S(F)N1CCCCC1. The second-order valence-electron chi connectivity index (χ2n) is 2.20. The molecule has 0 amide bonds. The van der Waals surface area contributed by atoms with Crippen molar-refractivity contribution in [3.63, 3.8) is 0 Å². The van der Waals surface area contributed by atoms with Crippen LogP contribution in [0.3, 0.4) is 0 Å². The maximum absolute atomic E-state index is 12.0. The van der Waals surface area contributed by atoms with Crippen molar-refractivity contribution < 1.29 is 8.09 Å². The smallest absolute Gasteiger partial charge is 0.207 e. The summed E-state index contributed by atoms with van der Waals surface area (Å²) < 4.78 is 23.5. The van der Waals surface area contributed by atoms with Crippen LogP contribution in [0.1, 0.15) is 19.3 Å². The Balaban J connectivity index is 2.31. The van der Waals surface area contributed by atoms with Crippen LogP contribution in [0.25, 0.3) is 0 Å². The van der Waals surface area contributed by atoms with E-state index in [1.807, 2.05) is 0 Å². The van der Waals surface area contributed by atoms with Crippen LogP contribution in [-0.2, 0) is 11.4 Å². The van der Waals surface area contributed by atoms with Crippen molar-refractivity contribution in [2.24, 2.45) is 0 Å². The fourth-order valence-corrected chi connectivity index (χ4v) is 1.55. The van der Waals surface area contributed by atoms with Crippen LogP contribution in [0.5, 0.6) is 0 Å². The first-order valence-corrected chi connectivity index (χ1v) is 4.14. The molecule has 1 atom stereocenters. The molecule has 0 aromatic carbocycles. The first-order chi connectivity index (χ1) is 4.30. The standard InChI is InChI=1S/C5H10FNOS/c6-9(8)7-4-2-1-3-5-7/h1-5H2. The van der Waals surface area contributed by atoms with Crippen molar-refractivity contribution in [1.29, 1.82) is 0 Å². The van der Waals surface area contributed by atoms with E-state index in [0.29, 0.717) is 13.1 Å². The summed E-state index contributed by atoms with van der Waals surface area (Å²) in [5.41, 5.74) is 0. The third-order valence-electron chi connectivity index (χ3n) is 1.52. The fraction of sp³-hybridized carbons (Fsp3) is 1.00. The van der Waals surface area contributed by atoms with Gasteiger partial charge in [0.15, 0.2) is 0 Å². The minimum atomic E-state index is -2.22. The second-order valence-corrected chi connectivity index (χ2v) is 3.13. The van der Waals surface area contributed by atoms with E-state index in [-0.39, 0.29) is 0 Å². The molecule has 1 unspecified atom stereocenters. The largest absolute Gasteiger partial charge is 0.277 e. The van der Waals surface area contributed by atoms with Crippen LogP contribution >= 0.6 is 0 Å². The van der Waals surface area contributed by atoms with Crippen LogP contribution in [0.15, 0.2) is 0 Å². The Morgan fingerprint density at radius 2 is 1.78 bits per heavy atom. The van der Waals surface area contributed by atoms with E-state index >= 15 is 0 Å². The normalized spacial score (nSPS) is 25.9. The van der Waals surface area contributed by atoms with Gasteiger partial charge in [-0.1, -0.05) is 6.42 Å². The molecular weight excluding hydrogens is 141 g/mol. The van der Waals surface area contributed by atoms with E-state index in [9.17, 15) is 8.09 Å². The van der Waals surface area contributed by atoms with Crippen molar-refractivity contribution in [1.82, 2.24) is 4.31 Å². The lowest BCUT2D eigenvalue weighted by atomic mass is 10.2. The highest BCUT2D eigenvalue weighted by atomic mass is 32.2. The monoisotopic (exact) mass is 151 g/mol. The first kappa shape index (κ1) is 7.15. The number of hydrogen-bond acceptors (Lipinski definition) is 1. The summed E-state index contributed by atoms with van der Waals surface area (Å²) in [4.78, 5) is 0. The molecule has 0 aromatic heterocycles. The van der Waals surface area contributed by atoms with Gasteiger partial charge in [-0.05, 0) is 12.8 Å². The van der Waals surface area contributed by atoms with Gasteiger partial charge < -0.3 is 0 Å². The Kier molecular flexibility index (Phi) is 2.60. The Hall–Kier alpha value is 0.0400. The summed E-state index contributed by atoms with van der Waals surface area (Å²) in [6, 6.07) is 0. The molecule has 2 nitrogen and oxygen atoms in total. The molecule has 0 aromatic rings. The van der Waals surface area contributed by atoms with Gasteiger partial charge in [-0.15, -0.1) is 3.89 Å². The van der Waals surface area contributed by atoms with Crippen LogP contribution in [-0.4, -0.2) is 21.6 Å². The number of hydrogen-bond donors (Lipinski definition) is 0. The van der Waals surface area contributed by atoms with Gasteiger partial charge in [-0.25, -0.2) is 4.21 Å². The van der Waals surface area contributed by atoms with E-state index in [4.69, 9.17) is 0 Å². The molecule has 1 heterocycles. The molecule has 0 aliphatic carbocycles. The maximum atomic E-state index is 12.0. The zero-order chi connectivity index (χ0) is 6.69. The van der Waals surface area contributed by atoms with Crippen molar-refractivity contribution >= 4 is 11.4 Å². The number of nitrogens with zero attached hydrogens (tertiary/aromatic N) is 1. The Morgan fingerprint density at radius 1 is 1.22 bits per heavy atom. The molecule has 1 aliphatic rings. The molecular formula is C5H10FNOS. The van der Waals surface area contributed by atoms with Crippen LogP contribution in [0.4, 0.5) is 3.89 Å². The topological polar surface area (TPSA) is 20.3 Å². The van der Waals surface area contributed by atoms with Gasteiger partial charge in [0.05, 0.1) is 0 Å². The van der Waals surface area contributed by atoms with E-state index in [0.717, 1.165) is 19.3 Å².